The molecule has 0 radical (unpaired) electrons. The number of rotatable bonds is 4. The molecule has 0 aliphatic rings. The maximum Gasteiger partial charge on any atom is 0.206 e. The lowest BCUT2D eigenvalue weighted by molar-refractivity contribution is 0.786. The number of hydrazine groups is 1. The smallest absolute Gasteiger partial charge is 0.206 e. The molecule has 0 saturated heterocycles. The van der Waals surface area contributed by atoms with Gasteiger partial charge in [-0.1, -0.05) is 6.92 Å². The van der Waals surface area contributed by atoms with Gasteiger partial charge in [-0.05, 0) is 19.4 Å². The standard InChI is InChI=1S/C10H18N6/c1-3-5-13-10(16-11)14-7-9-4-6-12-8(2)15-9/h4,6H,3,5,7,11H2,1-2H3,(H2,13,14,16). The third-order valence-corrected chi connectivity index (χ3v) is 1.91. The van der Waals surface area contributed by atoms with Gasteiger partial charge in [-0.3, -0.25) is 5.43 Å². The zero-order valence-corrected chi connectivity index (χ0v) is 9.70. The molecule has 1 aromatic heterocycles. The van der Waals surface area contributed by atoms with Crippen molar-refractivity contribution in [3.05, 3.63) is 23.8 Å². The van der Waals surface area contributed by atoms with Gasteiger partial charge in [0.1, 0.15) is 5.82 Å². The number of nitrogens with two attached hydrogens (primary N) is 1. The summed E-state index contributed by atoms with van der Waals surface area (Å²) in [6.07, 6.45) is 2.75. The molecule has 0 unspecified atom stereocenters. The van der Waals surface area contributed by atoms with Crippen molar-refractivity contribution in [1.82, 2.24) is 20.7 Å². The van der Waals surface area contributed by atoms with E-state index in [9.17, 15) is 0 Å². The van der Waals surface area contributed by atoms with Gasteiger partial charge in [-0.15, -0.1) is 0 Å². The molecule has 16 heavy (non-hydrogen) atoms. The third kappa shape index (κ3) is 4.22. The van der Waals surface area contributed by atoms with Gasteiger partial charge in [0.15, 0.2) is 0 Å². The summed E-state index contributed by atoms with van der Waals surface area (Å²) in [5, 5.41) is 3.07. The Kier molecular flexibility index (Phi) is 5.21. The monoisotopic (exact) mass is 222 g/mol. The van der Waals surface area contributed by atoms with Gasteiger partial charge < -0.3 is 5.32 Å². The molecule has 4 N–H and O–H groups in total. The minimum absolute atomic E-state index is 0.486. The molecule has 0 atom stereocenters. The van der Waals surface area contributed by atoms with Crippen molar-refractivity contribution in [2.45, 2.75) is 26.8 Å². The Morgan fingerprint density at radius 3 is 3.00 bits per heavy atom. The molecule has 0 aliphatic carbocycles. The quantitative estimate of drug-likeness (QED) is 0.291. The predicted molar refractivity (Wildman–Crippen MR) is 63.5 cm³/mol. The Balaban J connectivity index is 2.55. The summed E-state index contributed by atoms with van der Waals surface area (Å²) in [5.74, 6) is 6.66. The second-order valence-electron chi connectivity index (χ2n) is 3.33. The number of hydrogen-bond acceptors (Lipinski definition) is 4. The van der Waals surface area contributed by atoms with Crippen molar-refractivity contribution in [3.8, 4) is 0 Å². The molecule has 88 valence electrons. The number of guanidine groups is 1. The molecular formula is C10H18N6. The molecule has 1 aromatic rings. The van der Waals surface area contributed by atoms with Gasteiger partial charge >= 0.3 is 0 Å². The number of nitrogens with one attached hydrogen (secondary N) is 2. The number of nitrogens with zero attached hydrogens (tertiary/aromatic N) is 3. The summed E-state index contributed by atoms with van der Waals surface area (Å²) in [6.45, 7) is 5.25. The van der Waals surface area contributed by atoms with Crippen molar-refractivity contribution in [2.24, 2.45) is 10.8 Å². The van der Waals surface area contributed by atoms with Gasteiger partial charge in [0.25, 0.3) is 0 Å². The van der Waals surface area contributed by atoms with Crippen LogP contribution in [0.2, 0.25) is 0 Å². The summed E-state index contributed by atoms with van der Waals surface area (Å²) >= 11 is 0. The van der Waals surface area contributed by atoms with E-state index in [2.05, 4.69) is 32.6 Å². The molecular weight excluding hydrogens is 204 g/mol. The summed E-state index contributed by atoms with van der Waals surface area (Å²) < 4.78 is 0. The summed E-state index contributed by atoms with van der Waals surface area (Å²) in [5.41, 5.74) is 3.39. The number of aromatic nitrogens is 2. The van der Waals surface area contributed by atoms with E-state index in [-0.39, 0.29) is 0 Å². The van der Waals surface area contributed by atoms with Gasteiger partial charge in [-0.25, -0.2) is 20.8 Å². The largest absolute Gasteiger partial charge is 0.355 e. The highest BCUT2D eigenvalue weighted by Gasteiger charge is 1.96. The molecule has 6 heteroatoms. The van der Waals surface area contributed by atoms with Crippen LogP contribution in [0, 0.1) is 6.92 Å². The fourth-order valence-corrected chi connectivity index (χ4v) is 1.15. The van der Waals surface area contributed by atoms with E-state index in [0.717, 1.165) is 24.5 Å². The van der Waals surface area contributed by atoms with Gasteiger partial charge in [-0.2, -0.15) is 0 Å². The highest BCUT2D eigenvalue weighted by Crippen LogP contribution is 1.96. The van der Waals surface area contributed by atoms with Crippen molar-refractivity contribution < 1.29 is 0 Å². The van der Waals surface area contributed by atoms with Crippen molar-refractivity contribution in [3.63, 3.8) is 0 Å². The maximum atomic E-state index is 5.33. The van der Waals surface area contributed by atoms with E-state index in [1.807, 2.05) is 13.0 Å². The van der Waals surface area contributed by atoms with E-state index in [1.54, 1.807) is 6.20 Å². The van der Waals surface area contributed by atoms with Crippen LogP contribution < -0.4 is 16.6 Å². The Morgan fingerprint density at radius 1 is 1.56 bits per heavy atom. The van der Waals surface area contributed by atoms with E-state index in [1.165, 1.54) is 0 Å². The first-order valence-electron chi connectivity index (χ1n) is 5.29. The second-order valence-corrected chi connectivity index (χ2v) is 3.33. The minimum atomic E-state index is 0.486. The highest BCUT2D eigenvalue weighted by atomic mass is 15.3. The van der Waals surface area contributed by atoms with Crippen LogP contribution in [-0.2, 0) is 6.54 Å². The summed E-state index contributed by atoms with van der Waals surface area (Å²) in [6, 6.07) is 1.84. The minimum Gasteiger partial charge on any atom is -0.355 e. The van der Waals surface area contributed by atoms with Gasteiger partial charge in [0, 0.05) is 12.7 Å². The van der Waals surface area contributed by atoms with Crippen LogP contribution in [0.1, 0.15) is 24.9 Å². The fraction of sp³-hybridized carbons (Fsp3) is 0.500. The highest BCUT2D eigenvalue weighted by molar-refractivity contribution is 5.79. The summed E-state index contributed by atoms with van der Waals surface area (Å²) in [4.78, 5) is 12.5. The Hall–Kier alpha value is -1.69. The first-order valence-corrected chi connectivity index (χ1v) is 5.29. The van der Waals surface area contributed by atoms with Crippen LogP contribution in [0.15, 0.2) is 17.3 Å². The summed E-state index contributed by atoms with van der Waals surface area (Å²) in [7, 11) is 0. The van der Waals surface area contributed by atoms with E-state index < -0.39 is 0 Å². The van der Waals surface area contributed by atoms with Crippen LogP contribution >= 0.6 is 0 Å². The van der Waals surface area contributed by atoms with Gasteiger partial charge in [0.05, 0.1) is 12.2 Å². The van der Waals surface area contributed by atoms with Gasteiger partial charge in [0.2, 0.25) is 5.96 Å². The lowest BCUT2D eigenvalue weighted by Gasteiger charge is -2.07. The molecule has 1 rings (SSSR count). The average molecular weight is 222 g/mol. The molecule has 0 fully saturated rings. The van der Waals surface area contributed by atoms with Crippen LogP contribution in [-0.4, -0.2) is 22.5 Å². The molecule has 0 saturated carbocycles. The first-order chi connectivity index (χ1) is 7.76. The van der Waals surface area contributed by atoms with Crippen molar-refractivity contribution >= 4 is 5.96 Å². The van der Waals surface area contributed by atoms with E-state index >= 15 is 0 Å². The molecule has 0 bridgehead atoms. The molecule has 6 nitrogen and oxygen atoms in total. The molecule has 0 aromatic carbocycles. The number of hydrogen-bond donors (Lipinski definition) is 3. The second kappa shape index (κ2) is 6.73. The molecule has 0 spiro atoms. The SMILES string of the molecule is CCCNC(=NCc1ccnc(C)n1)NN. The normalized spacial score (nSPS) is 11.3. The van der Waals surface area contributed by atoms with Crippen LogP contribution in [0.25, 0.3) is 0 Å². The van der Waals surface area contributed by atoms with Crippen molar-refractivity contribution in [1.29, 1.82) is 0 Å². The molecule has 1 heterocycles. The lowest BCUT2D eigenvalue weighted by atomic mass is 10.4. The lowest BCUT2D eigenvalue weighted by Crippen LogP contribution is -2.41. The number of aryl methyl sites for hydroxylation is 1. The number of aliphatic imine (C=N–C) groups is 1. The van der Waals surface area contributed by atoms with Crippen LogP contribution in [0.4, 0.5) is 0 Å². The average Bonchev–Trinajstić information content (AvgIpc) is 2.29. The zero-order valence-electron chi connectivity index (χ0n) is 9.70. The zero-order chi connectivity index (χ0) is 11.8. The first kappa shape index (κ1) is 12.4. The Morgan fingerprint density at radius 2 is 2.38 bits per heavy atom. The third-order valence-electron chi connectivity index (χ3n) is 1.91. The maximum absolute atomic E-state index is 5.33. The van der Waals surface area contributed by atoms with Crippen molar-refractivity contribution in [2.75, 3.05) is 6.54 Å². The van der Waals surface area contributed by atoms with Crippen LogP contribution in [0.5, 0.6) is 0 Å². The Labute approximate surface area is 95.4 Å². The molecule has 0 aliphatic heterocycles. The fourth-order valence-electron chi connectivity index (χ4n) is 1.15. The topological polar surface area (TPSA) is 88.2 Å². The molecule has 0 amide bonds. The van der Waals surface area contributed by atoms with E-state index in [0.29, 0.717) is 12.5 Å². The van der Waals surface area contributed by atoms with Crippen LogP contribution in [0.3, 0.4) is 0 Å². The predicted octanol–water partition coefficient (Wildman–Crippen LogP) is 0.104. The van der Waals surface area contributed by atoms with E-state index in [4.69, 9.17) is 5.84 Å². The Bertz CT molecular complexity index is 349.